The fourth-order valence-electron chi connectivity index (χ4n) is 2.76. The summed E-state index contributed by atoms with van der Waals surface area (Å²) in [5.41, 5.74) is 4.02. The second-order valence-electron chi connectivity index (χ2n) is 4.89. The van der Waals surface area contributed by atoms with Crippen LogP contribution in [0.4, 0.5) is 5.69 Å². The monoisotopic (exact) mass is 247 g/mol. The Morgan fingerprint density at radius 1 is 1.33 bits per heavy atom. The van der Waals surface area contributed by atoms with Gasteiger partial charge in [-0.25, -0.2) is 0 Å². The summed E-state index contributed by atoms with van der Waals surface area (Å²) in [7, 11) is 0. The smallest absolute Gasteiger partial charge is 0.304 e. The van der Waals surface area contributed by atoms with Crippen LogP contribution in [-0.4, -0.2) is 23.5 Å². The van der Waals surface area contributed by atoms with E-state index in [9.17, 15) is 9.59 Å². The maximum absolute atomic E-state index is 11.7. The number of carbonyl (C=O) groups is 2. The molecule has 1 aliphatic rings. The van der Waals surface area contributed by atoms with Gasteiger partial charge in [0.1, 0.15) is 0 Å². The predicted molar refractivity (Wildman–Crippen MR) is 68.9 cm³/mol. The lowest BCUT2D eigenvalue weighted by molar-refractivity contribution is -0.137. The number of benzene rings is 1. The number of carboxylic acids is 1. The van der Waals surface area contributed by atoms with Gasteiger partial charge in [0.15, 0.2) is 0 Å². The van der Waals surface area contributed by atoms with Gasteiger partial charge in [0.05, 0.1) is 12.1 Å². The van der Waals surface area contributed by atoms with Crippen LogP contribution in [0, 0.1) is 13.8 Å². The Morgan fingerprint density at radius 3 is 2.50 bits per heavy atom. The molecule has 1 aromatic carbocycles. The SMILES string of the molecule is CC(=O)N1CC(CC(=O)O)c2c(C)ccc(C)c21. The van der Waals surface area contributed by atoms with E-state index in [2.05, 4.69) is 0 Å². The first-order valence-electron chi connectivity index (χ1n) is 6.01. The first-order chi connectivity index (χ1) is 8.41. The highest BCUT2D eigenvalue weighted by Gasteiger charge is 2.34. The molecule has 1 heterocycles. The van der Waals surface area contributed by atoms with Crippen molar-refractivity contribution in [3.8, 4) is 0 Å². The molecule has 0 aromatic heterocycles. The average molecular weight is 247 g/mol. The van der Waals surface area contributed by atoms with E-state index in [0.29, 0.717) is 6.54 Å². The summed E-state index contributed by atoms with van der Waals surface area (Å²) >= 11 is 0. The molecule has 0 aliphatic carbocycles. The summed E-state index contributed by atoms with van der Waals surface area (Å²) < 4.78 is 0. The van der Waals surface area contributed by atoms with Gasteiger partial charge in [0.2, 0.25) is 5.91 Å². The van der Waals surface area contributed by atoms with Gasteiger partial charge in [-0.3, -0.25) is 9.59 Å². The number of anilines is 1. The highest BCUT2D eigenvalue weighted by atomic mass is 16.4. The Bertz CT molecular complexity index is 522. The van der Waals surface area contributed by atoms with Crippen LogP contribution >= 0.6 is 0 Å². The molecule has 0 radical (unpaired) electrons. The fourth-order valence-corrected chi connectivity index (χ4v) is 2.76. The molecule has 1 N–H and O–H groups in total. The van der Waals surface area contributed by atoms with Crippen molar-refractivity contribution in [2.75, 3.05) is 11.4 Å². The minimum atomic E-state index is -0.822. The summed E-state index contributed by atoms with van der Waals surface area (Å²) in [4.78, 5) is 24.3. The van der Waals surface area contributed by atoms with Gasteiger partial charge >= 0.3 is 5.97 Å². The van der Waals surface area contributed by atoms with E-state index in [1.54, 1.807) is 4.90 Å². The molecule has 18 heavy (non-hydrogen) atoms. The number of hydrogen-bond donors (Lipinski definition) is 1. The molecule has 96 valence electrons. The average Bonchev–Trinajstić information content (AvgIpc) is 2.63. The van der Waals surface area contributed by atoms with Crippen molar-refractivity contribution in [3.63, 3.8) is 0 Å². The maximum atomic E-state index is 11.7. The molecule has 2 rings (SSSR count). The predicted octanol–water partition coefficient (Wildman–Crippen LogP) is 2.23. The molecule has 0 saturated carbocycles. The van der Waals surface area contributed by atoms with E-state index in [0.717, 1.165) is 22.4 Å². The van der Waals surface area contributed by atoms with Gasteiger partial charge in [-0.2, -0.15) is 0 Å². The number of amides is 1. The van der Waals surface area contributed by atoms with Crippen LogP contribution in [0.5, 0.6) is 0 Å². The summed E-state index contributed by atoms with van der Waals surface area (Å²) in [6.07, 6.45) is 0.0705. The standard InChI is InChI=1S/C14H17NO3/c1-8-4-5-9(2)14-13(8)11(6-12(17)18)7-15(14)10(3)16/h4-5,11H,6-7H2,1-3H3,(H,17,18). The molecular formula is C14H17NO3. The second-order valence-corrected chi connectivity index (χ2v) is 4.89. The third kappa shape index (κ3) is 1.98. The number of carboxylic acid groups (broad SMARTS) is 1. The zero-order chi connectivity index (χ0) is 13.4. The van der Waals surface area contributed by atoms with Gasteiger partial charge in [-0.05, 0) is 30.5 Å². The molecule has 1 unspecified atom stereocenters. The topological polar surface area (TPSA) is 57.6 Å². The van der Waals surface area contributed by atoms with Crippen molar-refractivity contribution in [1.82, 2.24) is 0 Å². The van der Waals surface area contributed by atoms with E-state index in [-0.39, 0.29) is 18.2 Å². The first-order valence-corrected chi connectivity index (χ1v) is 6.01. The summed E-state index contributed by atoms with van der Waals surface area (Å²) in [6, 6.07) is 3.97. The largest absolute Gasteiger partial charge is 0.481 e. The molecule has 0 bridgehead atoms. The van der Waals surface area contributed by atoms with Crippen molar-refractivity contribution in [2.24, 2.45) is 0 Å². The van der Waals surface area contributed by atoms with Crippen LogP contribution < -0.4 is 4.90 Å². The molecule has 1 aromatic rings. The maximum Gasteiger partial charge on any atom is 0.304 e. The Hall–Kier alpha value is -1.84. The third-order valence-corrected chi connectivity index (χ3v) is 3.52. The number of aliphatic carboxylic acids is 1. The summed E-state index contributed by atoms with van der Waals surface area (Å²) in [5.74, 6) is -0.948. The number of nitrogens with zero attached hydrogens (tertiary/aromatic N) is 1. The lowest BCUT2D eigenvalue weighted by Crippen LogP contribution is -2.28. The lowest BCUT2D eigenvalue weighted by Gasteiger charge is -2.17. The number of hydrogen-bond acceptors (Lipinski definition) is 2. The van der Waals surface area contributed by atoms with Crippen molar-refractivity contribution in [3.05, 3.63) is 28.8 Å². The van der Waals surface area contributed by atoms with Gasteiger partial charge < -0.3 is 10.0 Å². The quantitative estimate of drug-likeness (QED) is 0.871. The zero-order valence-corrected chi connectivity index (χ0v) is 10.9. The van der Waals surface area contributed by atoms with Crippen molar-refractivity contribution < 1.29 is 14.7 Å². The molecule has 0 spiro atoms. The van der Waals surface area contributed by atoms with E-state index in [4.69, 9.17) is 5.11 Å². The summed E-state index contributed by atoms with van der Waals surface area (Å²) in [5, 5.41) is 8.98. The minimum Gasteiger partial charge on any atom is -0.481 e. The molecular weight excluding hydrogens is 230 g/mol. The Balaban J connectivity index is 2.54. The van der Waals surface area contributed by atoms with Crippen molar-refractivity contribution >= 4 is 17.6 Å². The molecule has 1 aliphatic heterocycles. The number of fused-ring (bicyclic) bond motifs is 1. The van der Waals surface area contributed by atoms with Crippen LogP contribution in [0.25, 0.3) is 0 Å². The van der Waals surface area contributed by atoms with Crippen molar-refractivity contribution in [1.29, 1.82) is 0 Å². The minimum absolute atomic E-state index is 0.0298. The van der Waals surface area contributed by atoms with Gasteiger partial charge in [-0.15, -0.1) is 0 Å². The van der Waals surface area contributed by atoms with E-state index < -0.39 is 5.97 Å². The molecule has 0 fully saturated rings. The number of aryl methyl sites for hydroxylation is 2. The van der Waals surface area contributed by atoms with Crippen LogP contribution in [0.1, 0.15) is 36.0 Å². The number of carbonyl (C=O) groups excluding carboxylic acids is 1. The van der Waals surface area contributed by atoms with Crippen molar-refractivity contribution in [2.45, 2.75) is 33.1 Å². The molecule has 4 nitrogen and oxygen atoms in total. The molecule has 0 saturated heterocycles. The fraction of sp³-hybridized carbons (Fsp3) is 0.429. The Morgan fingerprint density at radius 2 is 1.94 bits per heavy atom. The van der Waals surface area contributed by atoms with Gasteiger partial charge in [0.25, 0.3) is 0 Å². The van der Waals surface area contributed by atoms with Crippen LogP contribution in [0.3, 0.4) is 0 Å². The highest BCUT2D eigenvalue weighted by Crippen LogP contribution is 2.42. The van der Waals surface area contributed by atoms with Crippen LogP contribution in [0.15, 0.2) is 12.1 Å². The summed E-state index contributed by atoms with van der Waals surface area (Å²) in [6.45, 7) is 5.92. The lowest BCUT2D eigenvalue weighted by atomic mass is 9.92. The zero-order valence-electron chi connectivity index (χ0n) is 10.9. The molecule has 1 atom stereocenters. The van der Waals surface area contributed by atoms with E-state index >= 15 is 0 Å². The number of rotatable bonds is 2. The third-order valence-electron chi connectivity index (χ3n) is 3.52. The van der Waals surface area contributed by atoms with E-state index in [1.807, 2.05) is 26.0 Å². The normalized spacial score (nSPS) is 17.7. The van der Waals surface area contributed by atoms with Crippen LogP contribution in [-0.2, 0) is 9.59 Å². The highest BCUT2D eigenvalue weighted by molar-refractivity contribution is 5.96. The first kappa shape index (κ1) is 12.6. The Labute approximate surface area is 106 Å². The molecule has 1 amide bonds. The van der Waals surface area contributed by atoms with Gasteiger partial charge in [0, 0.05) is 19.4 Å². The van der Waals surface area contributed by atoms with E-state index in [1.165, 1.54) is 6.92 Å². The second kappa shape index (κ2) is 4.44. The molecule has 4 heteroatoms. The van der Waals surface area contributed by atoms with Gasteiger partial charge in [-0.1, -0.05) is 12.1 Å². The Kier molecular flexibility index (Phi) is 3.11. The van der Waals surface area contributed by atoms with Crippen LogP contribution in [0.2, 0.25) is 0 Å².